The third kappa shape index (κ3) is 4.00. The molecule has 0 unspecified atom stereocenters. The van der Waals surface area contributed by atoms with Crippen LogP contribution in [-0.4, -0.2) is 30.6 Å². The molecule has 1 amide bonds. The second kappa shape index (κ2) is 6.53. The predicted molar refractivity (Wildman–Crippen MR) is 58.7 cm³/mol. The highest BCUT2D eigenvalue weighted by Crippen LogP contribution is 2.28. The van der Waals surface area contributed by atoms with E-state index < -0.39 is 12.6 Å². The van der Waals surface area contributed by atoms with Crippen molar-refractivity contribution in [3.05, 3.63) is 24.3 Å². The van der Waals surface area contributed by atoms with Crippen LogP contribution in [0.15, 0.2) is 24.3 Å². The number of hydrogen-bond donors (Lipinski definition) is 1. The van der Waals surface area contributed by atoms with Crippen molar-refractivity contribution >= 4 is 18.1 Å². The minimum Gasteiger partial charge on any atom is -0.481 e. The summed E-state index contributed by atoms with van der Waals surface area (Å²) in [6, 6.07) is 5.68. The van der Waals surface area contributed by atoms with E-state index in [9.17, 15) is 18.4 Å². The summed E-state index contributed by atoms with van der Waals surface area (Å²) in [6.07, 6.45) is 0.0817. The second-order valence-corrected chi connectivity index (χ2v) is 3.29. The summed E-state index contributed by atoms with van der Waals surface area (Å²) in [4.78, 5) is 22.3. The van der Waals surface area contributed by atoms with Crippen LogP contribution in [0, 0.1) is 0 Å². The summed E-state index contributed by atoms with van der Waals surface area (Å²) in [6.45, 7) is -3.14. The number of carboxylic acids is 1. The van der Waals surface area contributed by atoms with E-state index in [1.54, 1.807) is 0 Å². The van der Waals surface area contributed by atoms with Crippen LogP contribution < -0.4 is 9.64 Å². The zero-order valence-corrected chi connectivity index (χ0v) is 9.25. The number of para-hydroxylation sites is 2. The lowest BCUT2D eigenvalue weighted by molar-refractivity contribution is -0.136. The van der Waals surface area contributed by atoms with Gasteiger partial charge < -0.3 is 14.7 Å². The number of amides is 1. The van der Waals surface area contributed by atoms with Crippen molar-refractivity contribution in [1.82, 2.24) is 0 Å². The largest absolute Gasteiger partial charge is 0.481 e. The number of aliphatic carboxylic acids is 1. The van der Waals surface area contributed by atoms with Gasteiger partial charge in [0, 0.05) is 6.54 Å². The van der Waals surface area contributed by atoms with Crippen LogP contribution in [0.25, 0.3) is 0 Å². The number of carbonyl (C=O) groups is 2. The van der Waals surface area contributed by atoms with Gasteiger partial charge in [-0.3, -0.25) is 9.59 Å². The van der Waals surface area contributed by atoms with Crippen LogP contribution in [0.4, 0.5) is 14.5 Å². The van der Waals surface area contributed by atoms with Crippen LogP contribution >= 0.6 is 0 Å². The molecular formula is C11H11F2NO4. The number of benzene rings is 1. The Balaban J connectivity index is 2.90. The summed E-state index contributed by atoms with van der Waals surface area (Å²) in [5.41, 5.74) is 0.106. The zero-order valence-electron chi connectivity index (χ0n) is 9.25. The molecule has 1 rings (SSSR count). The molecule has 18 heavy (non-hydrogen) atoms. The normalized spacial score (nSPS) is 10.2. The monoisotopic (exact) mass is 259 g/mol. The predicted octanol–water partition coefficient (Wildman–Crippen LogP) is 1.73. The molecule has 0 fully saturated rings. The van der Waals surface area contributed by atoms with Crippen LogP contribution in [0.2, 0.25) is 0 Å². The topological polar surface area (TPSA) is 66.8 Å². The molecular weight excluding hydrogens is 248 g/mol. The Morgan fingerprint density at radius 2 is 2.11 bits per heavy atom. The zero-order chi connectivity index (χ0) is 13.5. The highest BCUT2D eigenvalue weighted by Gasteiger charge is 2.15. The number of carboxylic acid groups (broad SMARTS) is 1. The third-order valence-corrected chi connectivity index (χ3v) is 2.08. The van der Waals surface area contributed by atoms with Crippen molar-refractivity contribution in [2.45, 2.75) is 13.0 Å². The van der Waals surface area contributed by atoms with E-state index in [4.69, 9.17) is 5.11 Å². The van der Waals surface area contributed by atoms with Gasteiger partial charge in [0.1, 0.15) is 5.75 Å². The number of anilines is 1. The molecule has 1 N–H and O–H groups in total. The van der Waals surface area contributed by atoms with Gasteiger partial charge in [-0.1, -0.05) is 12.1 Å². The molecule has 98 valence electrons. The van der Waals surface area contributed by atoms with Crippen molar-refractivity contribution < 1.29 is 28.2 Å². The SMILES string of the molecule is O=CN(CCC(=O)O)c1ccccc1OC(F)F. The maximum absolute atomic E-state index is 12.2. The van der Waals surface area contributed by atoms with Gasteiger partial charge in [0.15, 0.2) is 0 Å². The van der Waals surface area contributed by atoms with Gasteiger partial charge in [-0.2, -0.15) is 8.78 Å². The van der Waals surface area contributed by atoms with E-state index in [-0.39, 0.29) is 24.4 Å². The molecule has 0 heterocycles. The molecule has 0 aliphatic carbocycles. The van der Waals surface area contributed by atoms with E-state index >= 15 is 0 Å². The van der Waals surface area contributed by atoms with Gasteiger partial charge in [0.05, 0.1) is 12.1 Å². The first-order chi connectivity index (χ1) is 8.54. The van der Waals surface area contributed by atoms with E-state index in [0.717, 1.165) is 4.90 Å². The lowest BCUT2D eigenvalue weighted by Crippen LogP contribution is -2.25. The summed E-state index contributed by atoms with van der Waals surface area (Å²) < 4.78 is 28.6. The summed E-state index contributed by atoms with van der Waals surface area (Å²) in [7, 11) is 0. The van der Waals surface area contributed by atoms with Gasteiger partial charge in [-0.05, 0) is 12.1 Å². The fourth-order valence-corrected chi connectivity index (χ4v) is 1.34. The first-order valence-electron chi connectivity index (χ1n) is 5.02. The van der Waals surface area contributed by atoms with Crippen molar-refractivity contribution in [3.8, 4) is 5.75 Å². The number of rotatable bonds is 7. The van der Waals surface area contributed by atoms with Crippen LogP contribution in [0.5, 0.6) is 5.75 Å². The van der Waals surface area contributed by atoms with Crippen LogP contribution in [-0.2, 0) is 9.59 Å². The van der Waals surface area contributed by atoms with Crippen molar-refractivity contribution in [2.24, 2.45) is 0 Å². The average Bonchev–Trinajstić information content (AvgIpc) is 2.30. The van der Waals surface area contributed by atoms with Gasteiger partial charge >= 0.3 is 12.6 Å². The van der Waals surface area contributed by atoms with Crippen molar-refractivity contribution in [3.63, 3.8) is 0 Å². The summed E-state index contributed by atoms with van der Waals surface area (Å²) in [5, 5.41) is 8.53. The van der Waals surface area contributed by atoms with E-state index in [2.05, 4.69) is 4.74 Å². The fraction of sp³-hybridized carbons (Fsp3) is 0.273. The first-order valence-corrected chi connectivity index (χ1v) is 5.02. The molecule has 5 nitrogen and oxygen atoms in total. The Morgan fingerprint density at radius 1 is 1.44 bits per heavy atom. The molecule has 7 heteroatoms. The van der Waals surface area contributed by atoms with Gasteiger partial charge in [-0.25, -0.2) is 0 Å². The Kier molecular flexibility index (Phi) is 5.04. The average molecular weight is 259 g/mol. The van der Waals surface area contributed by atoms with Gasteiger partial charge in [0.2, 0.25) is 6.41 Å². The number of nitrogens with zero attached hydrogens (tertiary/aromatic N) is 1. The third-order valence-electron chi connectivity index (χ3n) is 2.08. The quantitative estimate of drug-likeness (QED) is 0.757. The molecule has 1 aromatic carbocycles. The molecule has 0 atom stereocenters. The number of hydrogen-bond acceptors (Lipinski definition) is 3. The molecule has 0 bridgehead atoms. The standard InChI is InChI=1S/C11H11F2NO4/c12-11(13)18-9-4-2-1-3-8(9)14(7-15)6-5-10(16)17/h1-4,7,11H,5-6H2,(H,16,17). The number of carbonyl (C=O) groups excluding carboxylic acids is 1. The van der Waals surface area contributed by atoms with E-state index in [0.29, 0.717) is 6.41 Å². The molecule has 0 saturated heterocycles. The molecule has 0 aliphatic heterocycles. The van der Waals surface area contributed by atoms with Crippen molar-refractivity contribution in [1.29, 1.82) is 0 Å². The summed E-state index contributed by atoms with van der Waals surface area (Å²) in [5.74, 6) is -1.26. The highest BCUT2D eigenvalue weighted by atomic mass is 19.3. The van der Waals surface area contributed by atoms with Crippen molar-refractivity contribution in [2.75, 3.05) is 11.4 Å². The number of alkyl halides is 2. The maximum Gasteiger partial charge on any atom is 0.387 e. The molecule has 0 spiro atoms. The lowest BCUT2D eigenvalue weighted by atomic mass is 10.2. The number of halogens is 2. The Bertz CT molecular complexity index is 425. The Hall–Kier alpha value is -2.18. The molecule has 0 saturated carbocycles. The summed E-state index contributed by atoms with van der Waals surface area (Å²) >= 11 is 0. The highest BCUT2D eigenvalue weighted by molar-refractivity contribution is 5.80. The lowest BCUT2D eigenvalue weighted by Gasteiger charge is -2.19. The second-order valence-electron chi connectivity index (χ2n) is 3.29. The molecule has 0 radical (unpaired) electrons. The van der Waals surface area contributed by atoms with Crippen LogP contribution in [0.1, 0.15) is 6.42 Å². The van der Waals surface area contributed by atoms with Gasteiger partial charge in [0.25, 0.3) is 0 Å². The number of ether oxygens (including phenoxy) is 1. The molecule has 1 aromatic rings. The van der Waals surface area contributed by atoms with Gasteiger partial charge in [-0.15, -0.1) is 0 Å². The first kappa shape index (κ1) is 13.9. The minimum absolute atomic E-state index is 0.106. The van der Waals surface area contributed by atoms with E-state index in [1.165, 1.54) is 24.3 Å². The fourth-order valence-electron chi connectivity index (χ4n) is 1.34. The maximum atomic E-state index is 12.2. The smallest absolute Gasteiger partial charge is 0.387 e. The molecule has 0 aliphatic rings. The Labute approximate surface area is 102 Å². The molecule has 0 aromatic heterocycles. The Morgan fingerprint density at radius 3 is 2.67 bits per heavy atom. The van der Waals surface area contributed by atoms with Crippen LogP contribution in [0.3, 0.4) is 0 Å². The minimum atomic E-state index is -3.01. The van der Waals surface area contributed by atoms with E-state index in [1.807, 2.05) is 0 Å².